The Labute approximate surface area is 293 Å². The van der Waals surface area contributed by atoms with E-state index in [4.69, 9.17) is 8.83 Å². The number of carbonyl (C=O) groups excluding carboxylic acids is 2. The minimum Gasteiger partial charge on any atom is -1.00 e. The second-order valence-electron chi connectivity index (χ2n) is 11.1. The van der Waals surface area contributed by atoms with E-state index in [9.17, 15) is 35.9 Å². The Kier molecular flexibility index (Phi) is 12.1. The van der Waals surface area contributed by atoms with Gasteiger partial charge < -0.3 is 43.4 Å². The molecular formula is C32H28Cl2F6N6O4. The molecule has 50 heavy (non-hydrogen) atoms. The molecule has 0 unspecified atom stereocenters. The number of oxazole rings is 2. The van der Waals surface area contributed by atoms with Gasteiger partial charge in [-0.3, -0.25) is 9.59 Å². The van der Waals surface area contributed by atoms with E-state index >= 15 is 0 Å². The number of hydrogen-bond donors (Lipinski definition) is 0. The van der Waals surface area contributed by atoms with Gasteiger partial charge in [-0.15, -0.1) is 0 Å². The van der Waals surface area contributed by atoms with Gasteiger partial charge in [-0.25, -0.2) is 9.97 Å². The van der Waals surface area contributed by atoms with Crippen LogP contribution in [0.15, 0.2) is 82.2 Å². The molecule has 0 N–H and O–H groups in total. The molecule has 0 saturated carbocycles. The minimum absolute atomic E-state index is 0. The average molecular weight is 746 g/mol. The molecule has 0 aliphatic carbocycles. The second kappa shape index (κ2) is 15.3. The number of pyridine rings is 2. The van der Waals surface area contributed by atoms with Gasteiger partial charge >= 0.3 is 12.4 Å². The number of aromatic nitrogens is 4. The highest BCUT2D eigenvalue weighted by atomic mass is 35.5. The third-order valence-electron chi connectivity index (χ3n) is 7.11. The van der Waals surface area contributed by atoms with Crippen molar-refractivity contribution in [2.45, 2.75) is 25.4 Å². The SMILES string of the molecule is CN(C)C(=O)C[n+]1ccc(-c2nc(-c3ccc(-c4nc(-c5cc[n+](CC(=O)N(C)C)cc5)c(C(F)(F)F)o4)cc3)oc2C(F)(F)F)cc1.[Cl-].[Cl-]. The molecule has 0 atom stereocenters. The first-order valence-corrected chi connectivity index (χ1v) is 14.2. The molecule has 0 aliphatic heterocycles. The number of likely N-dealkylation sites (N-methyl/N-ethyl adjacent to an activating group) is 2. The van der Waals surface area contributed by atoms with Crippen LogP contribution in [0.25, 0.3) is 45.4 Å². The van der Waals surface area contributed by atoms with E-state index < -0.39 is 35.3 Å². The van der Waals surface area contributed by atoms with Gasteiger partial charge in [-0.05, 0) is 24.3 Å². The van der Waals surface area contributed by atoms with E-state index in [1.807, 2.05) is 0 Å². The highest BCUT2D eigenvalue weighted by Gasteiger charge is 2.41. The predicted molar refractivity (Wildman–Crippen MR) is 156 cm³/mol. The molecule has 5 rings (SSSR count). The first-order chi connectivity index (χ1) is 22.5. The molecular weight excluding hydrogens is 717 g/mol. The fourth-order valence-electron chi connectivity index (χ4n) is 4.45. The second-order valence-corrected chi connectivity index (χ2v) is 11.1. The van der Waals surface area contributed by atoms with Crippen LogP contribution in [0.4, 0.5) is 26.3 Å². The Morgan fingerprint density at radius 1 is 0.580 bits per heavy atom. The normalized spacial score (nSPS) is 11.4. The van der Waals surface area contributed by atoms with Gasteiger partial charge in [0.15, 0.2) is 24.8 Å². The summed E-state index contributed by atoms with van der Waals surface area (Å²) in [6.07, 6.45) is -4.01. The van der Waals surface area contributed by atoms with Crippen LogP contribution in [0.1, 0.15) is 11.5 Å². The molecule has 10 nitrogen and oxygen atoms in total. The Bertz CT molecular complexity index is 1800. The maximum Gasteiger partial charge on any atom is 0.451 e. The number of rotatable bonds is 8. The average Bonchev–Trinajstić information content (AvgIpc) is 3.68. The van der Waals surface area contributed by atoms with E-state index in [1.54, 1.807) is 28.2 Å². The van der Waals surface area contributed by atoms with E-state index in [0.29, 0.717) is 0 Å². The molecule has 0 saturated heterocycles. The number of nitrogens with zero attached hydrogens (tertiary/aromatic N) is 6. The zero-order valence-electron chi connectivity index (χ0n) is 26.7. The van der Waals surface area contributed by atoms with Crippen molar-refractivity contribution in [3.05, 3.63) is 84.8 Å². The molecule has 18 heteroatoms. The van der Waals surface area contributed by atoms with Crippen molar-refractivity contribution < 1.29 is 78.7 Å². The maximum atomic E-state index is 14.0. The summed E-state index contributed by atoms with van der Waals surface area (Å²) in [5, 5.41) is 0. The summed E-state index contributed by atoms with van der Waals surface area (Å²) in [7, 11) is 6.32. The number of carbonyl (C=O) groups is 2. The van der Waals surface area contributed by atoms with E-state index in [1.165, 1.54) is 92.3 Å². The Morgan fingerprint density at radius 2 is 0.880 bits per heavy atom. The molecule has 4 heterocycles. The summed E-state index contributed by atoms with van der Waals surface area (Å²) in [5.41, 5.74) is -0.554. The van der Waals surface area contributed by atoms with Crippen LogP contribution in [0.5, 0.6) is 0 Å². The largest absolute Gasteiger partial charge is 1.00 e. The monoisotopic (exact) mass is 744 g/mol. The van der Waals surface area contributed by atoms with Gasteiger partial charge in [0, 0.05) is 74.7 Å². The van der Waals surface area contributed by atoms with Crippen molar-refractivity contribution in [3.63, 3.8) is 0 Å². The lowest BCUT2D eigenvalue weighted by Crippen LogP contribution is -3.00. The minimum atomic E-state index is -4.89. The van der Waals surface area contributed by atoms with Crippen molar-refractivity contribution in [3.8, 4) is 45.4 Å². The van der Waals surface area contributed by atoms with Crippen LogP contribution in [-0.2, 0) is 35.0 Å². The van der Waals surface area contributed by atoms with E-state index in [0.717, 1.165) is 0 Å². The number of benzene rings is 1. The van der Waals surface area contributed by atoms with Crippen LogP contribution in [0.3, 0.4) is 0 Å². The quantitative estimate of drug-likeness (QED) is 0.151. The molecule has 1 aromatic carbocycles. The van der Waals surface area contributed by atoms with Gasteiger partial charge in [0.2, 0.25) is 36.4 Å². The summed E-state index contributed by atoms with van der Waals surface area (Å²) in [6, 6.07) is 10.8. The molecule has 2 amide bonds. The van der Waals surface area contributed by atoms with Gasteiger partial charge in [-0.2, -0.15) is 35.5 Å². The number of halogens is 8. The van der Waals surface area contributed by atoms with Crippen LogP contribution in [0.2, 0.25) is 0 Å². The third-order valence-corrected chi connectivity index (χ3v) is 7.11. The molecule has 0 fully saturated rings. The van der Waals surface area contributed by atoms with Gasteiger partial charge in [-0.1, -0.05) is 0 Å². The zero-order valence-corrected chi connectivity index (χ0v) is 28.2. The Morgan fingerprint density at radius 3 is 1.14 bits per heavy atom. The fraction of sp³-hybridized carbons (Fsp3) is 0.250. The molecule has 0 radical (unpaired) electrons. The molecule has 266 valence electrons. The van der Waals surface area contributed by atoms with Crippen molar-refractivity contribution in [1.82, 2.24) is 19.8 Å². The number of hydrogen-bond acceptors (Lipinski definition) is 6. The van der Waals surface area contributed by atoms with Crippen LogP contribution in [0, 0.1) is 0 Å². The van der Waals surface area contributed by atoms with Crippen LogP contribution >= 0.6 is 0 Å². The lowest BCUT2D eigenvalue weighted by atomic mass is 10.1. The summed E-state index contributed by atoms with van der Waals surface area (Å²) in [6.45, 7) is -0.0340. The Hall–Kier alpha value is -4.96. The first kappa shape index (κ1) is 39.5. The molecule has 0 aliphatic rings. The highest BCUT2D eigenvalue weighted by Crippen LogP contribution is 2.41. The molecule has 4 aromatic heterocycles. The molecule has 0 bridgehead atoms. The summed E-state index contributed by atoms with van der Waals surface area (Å²) < 4.78 is 97.0. The maximum absolute atomic E-state index is 14.0. The fourth-order valence-corrected chi connectivity index (χ4v) is 4.45. The van der Waals surface area contributed by atoms with Crippen LogP contribution in [-0.4, -0.2) is 59.8 Å². The standard InChI is InChI=1S/C32H28F6N6O4.2ClH/c1-41(2)23(45)17-43-13-9-19(10-14-43)25-27(31(33,34)35)47-29(39-25)21-5-7-22(8-6-21)30-40-26(28(48-30)32(36,37)38)20-11-15-44(16-12-20)18-24(46)42(3)4;;/h5-16H,17-18H2,1-4H3;2*1H/q+2;;/p-2. The smallest absolute Gasteiger partial charge is 0.451 e. The van der Waals surface area contributed by atoms with Gasteiger partial charge in [0.1, 0.15) is 11.4 Å². The van der Waals surface area contributed by atoms with E-state index in [-0.39, 0.29) is 83.8 Å². The summed E-state index contributed by atoms with van der Waals surface area (Å²) in [5.74, 6) is -3.86. The Balaban J connectivity index is 0.00000338. The number of alkyl halides is 6. The van der Waals surface area contributed by atoms with E-state index in [2.05, 4.69) is 9.97 Å². The topological polar surface area (TPSA) is 100 Å². The summed E-state index contributed by atoms with van der Waals surface area (Å²) in [4.78, 5) is 34.9. The predicted octanol–water partition coefficient (Wildman–Crippen LogP) is -0.872. The first-order valence-electron chi connectivity index (χ1n) is 14.2. The van der Waals surface area contributed by atoms with Crippen molar-refractivity contribution in [1.29, 1.82) is 0 Å². The molecule has 5 aromatic rings. The highest BCUT2D eigenvalue weighted by molar-refractivity contribution is 5.74. The van der Waals surface area contributed by atoms with Crippen LogP contribution < -0.4 is 33.9 Å². The third kappa shape index (κ3) is 8.79. The van der Waals surface area contributed by atoms with Crippen molar-refractivity contribution in [2.75, 3.05) is 28.2 Å². The van der Waals surface area contributed by atoms with Crippen molar-refractivity contribution >= 4 is 11.8 Å². The van der Waals surface area contributed by atoms with Gasteiger partial charge in [0.25, 0.3) is 11.8 Å². The molecule has 0 spiro atoms. The zero-order chi connectivity index (χ0) is 35.0. The van der Waals surface area contributed by atoms with Crippen molar-refractivity contribution in [2.24, 2.45) is 0 Å². The number of amides is 2. The van der Waals surface area contributed by atoms with Gasteiger partial charge in [0.05, 0.1) is 0 Å². The lowest BCUT2D eigenvalue weighted by Gasteiger charge is -2.07. The summed E-state index contributed by atoms with van der Waals surface area (Å²) >= 11 is 0. The lowest BCUT2D eigenvalue weighted by molar-refractivity contribution is -0.685.